The van der Waals surface area contributed by atoms with Gasteiger partial charge in [0.25, 0.3) is 0 Å². The number of halogens is 1. The highest BCUT2D eigenvalue weighted by molar-refractivity contribution is 6.32. The molecule has 2 rings (SSSR count). The summed E-state index contributed by atoms with van der Waals surface area (Å²) < 4.78 is 6.84. The van der Waals surface area contributed by atoms with Gasteiger partial charge < -0.3 is 9.53 Å². The number of methoxy groups -OCH3 is 1. The van der Waals surface area contributed by atoms with Crippen LogP contribution in [0.25, 0.3) is 5.52 Å². The van der Waals surface area contributed by atoms with Gasteiger partial charge in [-0.2, -0.15) is 0 Å². The standard InChI is InChI=1S/C10H9ClN2O2/c1-15-7-2-3-8-10(11)12-9(4-5-14)13(8)6-7/h2-3,5-6H,4H2,1H3. The molecule has 0 saturated carbocycles. The fourth-order valence-electron chi connectivity index (χ4n) is 1.43. The zero-order valence-corrected chi connectivity index (χ0v) is 8.86. The largest absolute Gasteiger partial charge is 0.495 e. The van der Waals surface area contributed by atoms with Crippen molar-refractivity contribution < 1.29 is 9.53 Å². The van der Waals surface area contributed by atoms with E-state index in [1.165, 1.54) is 0 Å². The fraction of sp³-hybridized carbons (Fsp3) is 0.200. The van der Waals surface area contributed by atoms with Crippen LogP contribution < -0.4 is 4.74 Å². The van der Waals surface area contributed by atoms with Crippen LogP contribution in [0.3, 0.4) is 0 Å². The summed E-state index contributed by atoms with van der Waals surface area (Å²) in [6.45, 7) is 0. The lowest BCUT2D eigenvalue weighted by molar-refractivity contribution is -0.107. The van der Waals surface area contributed by atoms with Crippen LogP contribution >= 0.6 is 11.6 Å². The summed E-state index contributed by atoms with van der Waals surface area (Å²) in [6.07, 6.45) is 2.79. The molecule has 0 amide bonds. The number of ether oxygens (including phenoxy) is 1. The third-order valence-corrected chi connectivity index (χ3v) is 2.42. The predicted molar refractivity (Wildman–Crippen MR) is 56.5 cm³/mol. The molecule has 0 aromatic carbocycles. The summed E-state index contributed by atoms with van der Waals surface area (Å²) >= 11 is 5.92. The van der Waals surface area contributed by atoms with Crippen LogP contribution in [0.5, 0.6) is 5.75 Å². The van der Waals surface area contributed by atoms with Crippen LogP contribution in [-0.2, 0) is 11.2 Å². The number of carbonyl (C=O) groups is 1. The summed E-state index contributed by atoms with van der Waals surface area (Å²) in [5, 5.41) is 0.398. The second-order valence-electron chi connectivity index (χ2n) is 3.01. The monoisotopic (exact) mass is 224 g/mol. The van der Waals surface area contributed by atoms with Crippen molar-refractivity contribution in [2.24, 2.45) is 0 Å². The average molecular weight is 225 g/mol. The third kappa shape index (κ3) is 1.68. The Morgan fingerprint density at radius 2 is 2.40 bits per heavy atom. The van der Waals surface area contributed by atoms with Gasteiger partial charge in [0, 0.05) is 0 Å². The number of rotatable bonds is 3. The Kier molecular flexibility index (Phi) is 2.60. The number of nitrogens with zero attached hydrogens (tertiary/aromatic N) is 2. The molecular formula is C10H9ClN2O2. The van der Waals surface area contributed by atoms with Gasteiger partial charge in [-0.1, -0.05) is 11.6 Å². The highest BCUT2D eigenvalue weighted by Gasteiger charge is 2.09. The van der Waals surface area contributed by atoms with Gasteiger partial charge in [-0.05, 0) is 12.1 Å². The zero-order chi connectivity index (χ0) is 10.8. The minimum Gasteiger partial charge on any atom is -0.495 e. The van der Waals surface area contributed by atoms with Crippen molar-refractivity contribution >= 4 is 23.4 Å². The number of hydrogen-bond donors (Lipinski definition) is 0. The van der Waals surface area contributed by atoms with Crippen molar-refractivity contribution in [2.75, 3.05) is 7.11 Å². The van der Waals surface area contributed by atoms with Crippen molar-refractivity contribution in [1.82, 2.24) is 9.38 Å². The first-order valence-corrected chi connectivity index (χ1v) is 4.78. The lowest BCUT2D eigenvalue weighted by Crippen LogP contribution is -1.96. The van der Waals surface area contributed by atoms with Gasteiger partial charge in [0.05, 0.1) is 25.2 Å². The highest BCUT2D eigenvalue weighted by atomic mass is 35.5. The van der Waals surface area contributed by atoms with E-state index in [1.807, 2.05) is 6.07 Å². The molecule has 0 saturated heterocycles. The maximum atomic E-state index is 10.5. The van der Waals surface area contributed by atoms with Crippen LogP contribution in [0.2, 0.25) is 5.15 Å². The van der Waals surface area contributed by atoms with E-state index in [-0.39, 0.29) is 6.42 Å². The molecule has 5 heteroatoms. The lowest BCUT2D eigenvalue weighted by atomic mass is 10.4. The van der Waals surface area contributed by atoms with Crippen LogP contribution in [0.4, 0.5) is 0 Å². The Morgan fingerprint density at radius 1 is 1.60 bits per heavy atom. The topological polar surface area (TPSA) is 43.6 Å². The number of imidazole rings is 1. The molecule has 0 aliphatic rings. The number of pyridine rings is 1. The summed E-state index contributed by atoms with van der Waals surface area (Å²) in [7, 11) is 1.58. The summed E-state index contributed by atoms with van der Waals surface area (Å²) in [4.78, 5) is 14.6. The van der Waals surface area contributed by atoms with Crippen molar-refractivity contribution in [3.05, 3.63) is 29.3 Å². The number of hydrogen-bond acceptors (Lipinski definition) is 3. The lowest BCUT2D eigenvalue weighted by Gasteiger charge is -2.01. The van der Waals surface area contributed by atoms with E-state index in [0.29, 0.717) is 16.7 Å². The molecule has 0 bridgehead atoms. The Labute approximate surface area is 91.4 Å². The maximum Gasteiger partial charge on any atom is 0.155 e. The Balaban J connectivity index is 2.65. The van der Waals surface area contributed by atoms with Gasteiger partial charge in [0.2, 0.25) is 0 Å². The van der Waals surface area contributed by atoms with E-state index < -0.39 is 0 Å². The molecular weight excluding hydrogens is 216 g/mol. The minimum atomic E-state index is 0.237. The summed E-state index contributed by atoms with van der Waals surface area (Å²) in [5.74, 6) is 1.31. The van der Waals surface area contributed by atoms with Gasteiger partial charge in [0.1, 0.15) is 17.9 Å². The molecule has 78 valence electrons. The molecule has 2 aromatic heterocycles. The van der Waals surface area contributed by atoms with Gasteiger partial charge in [-0.15, -0.1) is 0 Å². The molecule has 0 fully saturated rings. The van der Waals surface area contributed by atoms with Crippen molar-refractivity contribution in [3.63, 3.8) is 0 Å². The SMILES string of the molecule is COc1ccc2c(Cl)nc(CC=O)n2c1. The molecule has 0 radical (unpaired) electrons. The van der Waals surface area contributed by atoms with E-state index >= 15 is 0 Å². The summed E-state index contributed by atoms with van der Waals surface area (Å²) in [5.41, 5.74) is 0.773. The first-order valence-electron chi connectivity index (χ1n) is 4.40. The number of aldehydes is 1. The molecule has 0 unspecified atom stereocenters. The van der Waals surface area contributed by atoms with Crippen LogP contribution in [0.15, 0.2) is 18.3 Å². The minimum absolute atomic E-state index is 0.237. The molecule has 0 atom stereocenters. The quantitative estimate of drug-likeness (QED) is 0.746. The maximum absolute atomic E-state index is 10.5. The van der Waals surface area contributed by atoms with Crippen molar-refractivity contribution in [3.8, 4) is 5.75 Å². The molecule has 0 spiro atoms. The van der Waals surface area contributed by atoms with Gasteiger partial charge in [-0.25, -0.2) is 4.98 Å². The first-order chi connectivity index (χ1) is 7.26. The van der Waals surface area contributed by atoms with E-state index in [2.05, 4.69) is 4.98 Å². The molecule has 15 heavy (non-hydrogen) atoms. The van der Waals surface area contributed by atoms with Gasteiger partial charge >= 0.3 is 0 Å². The van der Waals surface area contributed by atoms with Gasteiger partial charge in [0.15, 0.2) is 5.15 Å². The molecule has 0 N–H and O–H groups in total. The first kappa shape index (κ1) is 9.98. The van der Waals surface area contributed by atoms with E-state index in [9.17, 15) is 4.79 Å². The molecule has 0 aliphatic carbocycles. The van der Waals surface area contributed by atoms with Crippen molar-refractivity contribution in [2.45, 2.75) is 6.42 Å². The van der Waals surface area contributed by atoms with E-state index in [4.69, 9.17) is 16.3 Å². The third-order valence-electron chi connectivity index (χ3n) is 2.14. The Bertz CT molecular complexity index is 507. The smallest absolute Gasteiger partial charge is 0.155 e. The molecule has 0 aliphatic heterocycles. The number of carbonyl (C=O) groups excluding carboxylic acids is 1. The van der Waals surface area contributed by atoms with Crippen LogP contribution in [0, 0.1) is 0 Å². The Hall–Kier alpha value is -1.55. The van der Waals surface area contributed by atoms with Crippen LogP contribution in [0.1, 0.15) is 5.82 Å². The van der Waals surface area contributed by atoms with Gasteiger partial charge in [-0.3, -0.25) is 4.40 Å². The normalized spacial score (nSPS) is 10.5. The number of aromatic nitrogens is 2. The van der Waals surface area contributed by atoms with E-state index in [1.54, 1.807) is 23.8 Å². The highest BCUT2D eigenvalue weighted by Crippen LogP contribution is 2.21. The molecule has 4 nitrogen and oxygen atoms in total. The summed E-state index contributed by atoms with van der Waals surface area (Å²) in [6, 6.07) is 3.61. The Morgan fingerprint density at radius 3 is 3.07 bits per heavy atom. The average Bonchev–Trinajstić information content (AvgIpc) is 2.56. The zero-order valence-electron chi connectivity index (χ0n) is 8.11. The molecule has 2 heterocycles. The fourth-order valence-corrected chi connectivity index (χ4v) is 1.68. The number of fused-ring (bicyclic) bond motifs is 1. The predicted octanol–water partition coefficient (Wildman–Crippen LogP) is 1.74. The van der Waals surface area contributed by atoms with E-state index in [0.717, 1.165) is 11.8 Å². The van der Waals surface area contributed by atoms with Crippen LogP contribution in [-0.4, -0.2) is 22.8 Å². The molecule has 2 aromatic rings. The second kappa shape index (κ2) is 3.90. The second-order valence-corrected chi connectivity index (χ2v) is 3.37. The van der Waals surface area contributed by atoms with Crippen molar-refractivity contribution in [1.29, 1.82) is 0 Å².